The molecule has 252 valence electrons. The molecule has 2 unspecified atom stereocenters. The predicted octanol–water partition coefficient (Wildman–Crippen LogP) is 5.12. The van der Waals surface area contributed by atoms with Gasteiger partial charge in [0, 0.05) is 42.9 Å². The summed E-state index contributed by atoms with van der Waals surface area (Å²) in [5, 5.41) is 17.6. The van der Waals surface area contributed by atoms with E-state index in [-0.39, 0.29) is 29.1 Å². The van der Waals surface area contributed by atoms with Crippen LogP contribution in [0.2, 0.25) is 0 Å². The highest BCUT2D eigenvalue weighted by molar-refractivity contribution is 6.04. The molecule has 0 aliphatic rings. The van der Waals surface area contributed by atoms with Crippen molar-refractivity contribution in [3.8, 4) is 5.75 Å². The minimum absolute atomic E-state index is 0.0617. The summed E-state index contributed by atoms with van der Waals surface area (Å²) in [6, 6.07) is 30.9. The summed E-state index contributed by atoms with van der Waals surface area (Å²) in [4.78, 5) is 41.1. The third-order valence-corrected chi connectivity index (χ3v) is 7.93. The standard InChI is InChI=1S/C39H46N4O5/c1-3-19-43(20-4-2)39(47)33-23-31(37(40)45)22-32(24-33)38(46)42-35(36(44)26-41-25-29-11-7-5-8-12-29)21-28-15-17-34(18-16-28)48-27-30-13-9-6-10-14-30/h5-18,22-24,35-36,41,44H,3-4,19-21,25-27H2,1-2H3,(H2,40,45)(H,42,46). The first-order valence-electron chi connectivity index (χ1n) is 16.5. The smallest absolute Gasteiger partial charge is 0.253 e. The van der Waals surface area contributed by atoms with Crippen LogP contribution < -0.4 is 21.1 Å². The Kier molecular flexibility index (Phi) is 13.7. The van der Waals surface area contributed by atoms with E-state index in [1.54, 1.807) is 4.90 Å². The molecule has 0 aromatic heterocycles. The maximum Gasteiger partial charge on any atom is 0.253 e. The van der Waals surface area contributed by atoms with Crippen LogP contribution in [0.1, 0.15) is 74.5 Å². The van der Waals surface area contributed by atoms with Gasteiger partial charge in [0.15, 0.2) is 0 Å². The van der Waals surface area contributed by atoms with Crippen molar-refractivity contribution in [1.29, 1.82) is 0 Å². The molecule has 0 saturated carbocycles. The molecule has 0 heterocycles. The van der Waals surface area contributed by atoms with Crippen molar-refractivity contribution in [2.24, 2.45) is 5.73 Å². The van der Waals surface area contributed by atoms with Crippen molar-refractivity contribution in [2.45, 2.75) is 58.4 Å². The molecule has 0 bridgehead atoms. The van der Waals surface area contributed by atoms with Crippen LogP contribution in [0.15, 0.2) is 103 Å². The molecule has 0 aliphatic carbocycles. The number of ether oxygens (including phenoxy) is 1. The molecule has 4 aromatic carbocycles. The number of hydrogen-bond acceptors (Lipinski definition) is 6. The third-order valence-electron chi connectivity index (χ3n) is 7.93. The van der Waals surface area contributed by atoms with E-state index in [9.17, 15) is 19.5 Å². The summed E-state index contributed by atoms with van der Waals surface area (Å²) in [6.07, 6.45) is 0.900. The lowest BCUT2D eigenvalue weighted by atomic mass is 9.99. The SMILES string of the molecule is CCCN(CCC)C(=O)c1cc(C(N)=O)cc(C(=O)NC(Cc2ccc(OCc3ccccc3)cc2)C(O)CNCc2ccccc2)c1. The highest BCUT2D eigenvalue weighted by atomic mass is 16.5. The molecule has 5 N–H and O–H groups in total. The first-order chi connectivity index (χ1) is 23.3. The first-order valence-corrected chi connectivity index (χ1v) is 16.5. The van der Waals surface area contributed by atoms with Crippen LogP contribution in [-0.4, -0.2) is 59.5 Å². The number of benzene rings is 4. The zero-order chi connectivity index (χ0) is 34.3. The molecular weight excluding hydrogens is 604 g/mol. The van der Waals surface area contributed by atoms with E-state index in [0.29, 0.717) is 38.4 Å². The lowest BCUT2D eigenvalue weighted by Gasteiger charge is -2.25. The summed E-state index contributed by atoms with van der Waals surface area (Å²) in [7, 11) is 0. The quantitative estimate of drug-likeness (QED) is 0.118. The Morgan fingerprint density at radius 3 is 1.96 bits per heavy atom. The average Bonchev–Trinajstić information content (AvgIpc) is 3.11. The van der Waals surface area contributed by atoms with Gasteiger partial charge in [0.2, 0.25) is 5.91 Å². The summed E-state index contributed by atoms with van der Waals surface area (Å²) in [5.41, 5.74) is 9.01. The van der Waals surface area contributed by atoms with Crippen molar-refractivity contribution in [1.82, 2.24) is 15.5 Å². The molecule has 3 amide bonds. The van der Waals surface area contributed by atoms with Gasteiger partial charge in [-0.15, -0.1) is 0 Å². The molecule has 4 aromatic rings. The largest absolute Gasteiger partial charge is 0.489 e. The van der Waals surface area contributed by atoms with Gasteiger partial charge in [0.05, 0.1) is 12.1 Å². The van der Waals surface area contributed by atoms with Crippen molar-refractivity contribution < 1.29 is 24.2 Å². The highest BCUT2D eigenvalue weighted by Crippen LogP contribution is 2.18. The number of nitrogens with zero attached hydrogens (tertiary/aromatic N) is 1. The number of rotatable bonds is 18. The molecule has 0 radical (unpaired) electrons. The molecule has 0 saturated heterocycles. The van der Waals surface area contributed by atoms with Gasteiger partial charge in [-0.1, -0.05) is 86.6 Å². The van der Waals surface area contributed by atoms with E-state index >= 15 is 0 Å². The normalized spacial score (nSPS) is 12.1. The van der Waals surface area contributed by atoms with E-state index in [1.807, 2.05) is 98.8 Å². The summed E-state index contributed by atoms with van der Waals surface area (Å²) >= 11 is 0. The summed E-state index contributed by atoms with van der Waals surface area (Å²) in [5.74, 6) is -0.840. The number of hydrogen-bond donors (Lipinski definition) is 4. The first kappa shape index (κ1) is 35.9. The lowest BCUT2D eigenvalue weighted by molar-refractivity contribution is 0.0755. The lowest BCUT2D eigenvalue weighted by Crippen LogP contribution is -2.48. The maximum atomic E-state index is 13.8. The number of nitrogens with one attached hydrogen (secondary N) is 2. The van der Waals surface area contributed by atoms with E-state index < -0.39 is 24.0 Å². The molecule has 0 spiro atoms. The minimum atomic E-state index is -0.961. The van der Waals surface area contributed by atoms with Crippen LogP contribution in [0.4, 0.5) is 0 Å². The van der Waals surface area contributed by atoms with Crippen molar-refractivity contribution in [2.75, 3.05) is 19.6 Å². The number of aliphatic hydroxyl groups is 1. The summed E-state index contributed by atoms with van der Waals surface area (Å²) in [6.45, 7) is 6.27. The molecular formula is C39H46N4O5. The zero-order valence-electron chi connectivity index (χ0n) is 27.7. The molecule has 9 heteroatoms. The molecule has 48 heavy (non-hydrogen) atoms. The number of carbonyl (C=O) groups is 3. The van der Waals surface area contributed by atoms with E-state index in [4.69, 9.17) is 10.5 Å². The van der Waals surface area contributed by atoms with Crippen LogP contribution >= 0.6 is 0 Å². The Balaban J connectivity index is 1.53. The Morgan fingerprint density at radius 2 is 1.35 bits per heavy atom. The number of amides is 3. The summed E-state index contributed by atoms with van der Waals surface area (Å²) < 4.78 is 5.93. The van der Waals surface area contributed by atoms with Gasteiger partial charge in [-0.3, -0.25) is 14.4 Å². The average molecular weight is 651 g/mol. The van der Waals surface area contributed by atoms with E-state index in [1.165, 1.54) is 18.2 Å². The Bertz CT molecular complexity index is 1610. The highest BCUT2D eigenvalue weighted by Gasteiger charge is 2.25. The van der Waals surface area contributed by atoms with Crippen LogP contribution in [0, 0.1) is 0 Å². The second-order valence-corrected chi connectivity index (χ2v) is 11.8. The van der Waals surface area contributed by atoms with Gasteiger partial charge in [0.1, 0.15) is 12.4 Å². The Labute approximate surface area is 283 Å². The second kappa shape index (κ2) is 18.4. The number of nitrogens with two attached hydrogens (primary N) is 1. The van der Waals surface area contributed by atoms with Crippen LogP contribution in [0.5, 0.6) is 5.75 Å². The fourth-order valence-corrected chi connectivity index (χ4v) is 5.42. The number of aliphatic hydroxyl groups excluding tert-OH is 1. The fraction of sp³-hybridized carbons (Fsp3) is 0.308. The number of carbonyl (C=O) groups excluding carboxylic acids is 3. The van der Waals surface area contributed by atoms with E-state index in [2.05, 4.69) is 10.6 Å². The van der Waals surface area contributed by atoms with Gasteiger partial charge >= 0.3 is 0 Å². The molecule has 9 nitrogen and oxygen atoms in total. The van der Waals surface area contributed by atoms with E-state index in [0.717, 1.165) is 29.5 Å². The third kappa shape index (κ3) is 10.8. The number of primary amides is 1. The van der Waals surface area contributed by atoms with Crippen molar-refractivity contribution >= 4 is 17.7 Å². The molecule has 0 fully saturated rings. The van der Waals surface area contributed by atoms with Gasteiger partial charge in [-0.2, -0.15) is 0 Å². The predicted molar refractivity (Wildman–Crippen MR) is 188 cm³/mol. The zero-order valence-corrected chi connectivity index (χ0v) is 27.7. The molecule has 0 aliphatic heterocycles. The van der Waals surface area contributed by atoms with Gasteiger partial charge in [0.25, 0.3) is 11.8 Å². The fourth-order valence-electron chi connectivity index (χ4n) is 5.42. The van der Waals surface area contributed by atoms with Crippen LogP contribution in [-0.2, 0) is 19.6 Å². The Hall–Kier alpha value is -4.99. The second-order valence-electron chi connectivity index (χ2n) is 11.8. The minimum Gasteiger partial charge on any atom is -0.489 e. The van der Waals surface area contributed by atoms with Crippen LogP contribution in [0.25, 0.3) is 0 Å². The van der Waals surface area contributed by atoms with Crippen molar-refractivity contribution in [3.05, 3.63) is 137 Å². The molecule has 2 atom stereocenters. The van der Waals surface area contributed by atoms with Gasteiger partial charge in [-0.25, -0.2) is 0 Å². The maximum absolute atomic E-state index is 13.8. The topological polar surface area (TPSA) is 134 Å². The monoisotopic (exact) mass is 650 g/mol. The molecule has 4 rings (SSSR count). The van der Waals surface area contributed by atoms with Gasteiger partial charge < -0.3 is 31.1 Å². The van der Waals surface area contributed by atoms with Gasteiger partial charge in [-0.05, 0) is 66.3 Å². The van der Waals surface area contributed by atoms with Crippen LogP contribution in [0.3, 0.4) is 0 Å². The Morgan fingerprint density at radius 1 is 0.771 bits per heavy atom. The van der Waals surface area contributed by atoms with Crippen molar-refractivity contribution in [3.63, 3.8) is 0 Å².